The first-order valence-electron chi connectivity index (χ1n) is 6.83. The molecule has 19 heavy (non-hydrogen) atoms. The maximum absolute atomic E-state index is 4.47. The van der Waals surface area contributed by atoms with Gasteiger partial charge < -0.3 is 4.57 Å². The van der Waals surface area contributed by atoms with Crippen molar-refractivity contribution in [1.29, 1.82) is 0 Å². The third-order valence-corrected chi connectivity index (χ3v) is 4.64. The van der Waals surface area contributed by atoms with Crippen molar-refractivity contribution in [3.8, 4) is 0 Å². The van der Waals surface area contributed by atoms with Crippen molar-refractivity contribution in [1.82, 2.24) is 24.5 Å². The van der Waals surface area contributed by atoms with Crippen molar-refractivity contribution in [3.05, 3.63) is 28.0 Å². The summed E-state index contributed by atoms with van der Waals surface area (Å²) in [5, 5.41) is 13.1. The Morgan fingerprint density at radius 3 is 2.63 bits per heavy atom. The number of halogens is 1. The van der Waals surface area contributed by atoms with Gasteiger partial charge in [0.1, 0.15) is 12.4 Å². The molecule has 0 atom stereocenters. The minimum atomic E-state index is 0.638. The van der Waals surface area contributed by atoms with Gasteiger partial charge in [-0.05, 0) is 41.6 Å². The molecule has 2 fully saturated rings. The number of hydrogen-bond acceptors (Lipinski definition) is 3. The largest absolute Gasteiger partial charge is 0.316 e. The smallest absolute Gasteiger partial charge is 0.154 e. The fourth-order valence-corrected chi connectivity index (χ4v) is 3.22. The highest BCUT2D eigenvalue weighted by Gasteiger charge is 2.31. The average molecular weight is 322 g/mol. The summed E-state index contributed by atoms with van der Waals surface area (Å²) >= 11 is 3.60. The number of hydrogen-bond donors (Lipinski definition) is 0. The Kier molecular flexibility index (Phi) is 2.55. The molecule has 4 rings (SSSR count). The summed E-state index contributed by atoms with van der Waals surface area (Å²) < 4.78 is 5.34. The molecule has 2 heterocycles. The summed E-state index contributed by atoms with van der Waals surface area (Å²) in [5.41, 5.74) is 1.32. The Morgan fingerprint density at radius 1 is 1.21 bits per heavy atom. The third-order valence-electron chi connectivity index (χ3n) is 4.03. The Hall–Kier alpha value is -1.17. The highest BCUT2D eigenvalue weighted by Crippen LogP contribution is 2.43. The van der Waals surface area contributed by atoms with Gasteiger partial charge in [-0.1, -0.05) is 0 Å². The van der Waals surface area contributed by atoms with Crippen LogP contribution in [-0.4, -0.2) is 24.5 Å². The molecule has 0 amide bonds. The van der Waals surface area contributed by atoms with E-state index < -0.39 is 0 Å². The average Bonchev–Trinajstić information content (AvgIpc) is 3.30. The van der Waals surface area contributed by atoms with E-state index in [1.165, 1.54) is 31.4 Å². The van der Waals surface area contributed by atoms with Crippen LogP contribution >= 0.6 is 15.9 Å². The first-order chi connectivity index (χ1) is 9.24. The SMILES string of the molecule is Cn1c(Cn2ncc(Br)c2C2CC2)nnc1C1CC1. The summed E-state index contributed by atoms with van der Waals surface area (Å²) in [6.07, 6.45) is 6.96. The van der Waals surface area contributed by atoms with Gasteiger partial charge in [-0.3, -0.25) is 4.68 Å². The van der Waals surface area contributed by atoms with Gasteiger partial charge in [-0.25, -0.2) is 0 Å². The lowest BCUT2D eigenvalue weighted by atomic mass is 10.3. The van der Waals surface area contributed by atoms with Crippen molar-refractivity contribution >= 4 is 15.9 Å². The Labute approximate surface area is 120 Å². The molecule has 0 radical (unpaired) electrons. The lowest BCUT2D eigenvalue weighted by Crippen LogP contribution is -2.11. The Bertz CT molecular complexity index is 621. The van der Waals surface area contributed by atoms with Crippen LogP contribution in [0, 0.1) is 0 Å². The van der Waals surface area contributed by atoms with E-state index in [1.54, 1.807) is 0 Å². The molecule has 2 aliphatic rings. The third kappa shape index (κ3) is 2.02. The second-order valence-electron chi connectivity index (χ2n) is 5.62. The molecule has 0 aromatic carbocycles. The highest BCUT2D eigenvalue weighted by molar-refractivity contribution is 9.10. The van der Waals surface area contributed by atoms with E-state index in [9.17, 15) is 0 Å². The standard InChI is InChI=1S/C13H16BrN5/c1-18-11(16-17-13(18)9-4-5-9)7-19-12(8-2-3-8)10(14)6-15-19/h6,8-9H,2-5,7H2,1H3. The van der Waals surface area contributed by atoms with E-state index in [-0.39, 0.29) is 0 Å². The molecule has 0 N–H and O–H groups in total. The van der Waals surface area contributed by atoms with Gasteiger partial charge in [0, 0.05) is 18.9 Å². The maximum atomic E-state index is 4.47. The molecule has 2 aromatic rings. The van der Waals surface area contributed by atoms with Crippen LogP contribution in [-0.2, 0) is 13.6 Å². The van der Waals surface area contributed by atoms with Gasteiger partial charge in [0.2, 0.25) is 0 Å². The second kappa shape index (κ2) is 4.16. The normalized spacial score (nSPS) is 19.1. The quantitative estimate of drug-likeness (QED) is 0.869. The summed E-state index contributed by atoms with van der Waals surface area (Å²) in [6, 6.07) is 0. The molecule has 2 aromatic heterocycles. The molecule has 100 valence electrons. The van der Waals surface area contributed by atoms with Gasteiger partial charge in [0.15, 0.2) is 5.82 Å². The molecule has 2 saturated carbocycles. The highest BCUT2D eigenvalue weighted by atomic mass is 79.9. The van der Waals surface area contributed by atoms with Crippen LogP contribution in [0.25, 0.3) is 0 Å². The van der Waals surface area contributed by atoms with Crippen LogP contribution in [0.3, 0.4) is 0 Å². The van der Waals surface area contributed by atoms with Gasteiger partial charge >= 0.3 is 0 Å². The van der Waals surface area contributed by atoms with E-state index in [4.69, 9.17) is 0 Å². The molecule has 0 spiro atoms. The van der Waals surface area contributed by atoms with Crippen LogP contribution in [0.2, 0.25) is 0 Å². The van der Waals surface area contributed by atoms with Gasteiger partial charge in [0.05, 0.1) is 16.4 Å². The van der Waals surface area contributed by atoms with Gasteiger partial charge in [-0.2, -0.15) is 5.10 Å². The van der Waals surface area contributed by atoms with Crippen molar-refractivity contribution in [2.75, 3.05) is 0 Å². The lowest BCUT2D eigenvalue weighted by molar-refractivity contribution is 0.597. The minimum Gasteiger partial charge on any atom is -0.316 e. The molecular formula is C13H16BrN5. The molecular weight excluding hydrogens is 306 g/mol. The first kappa shape index (κ1) is 11.6. The molecule has 0 aliphatic heterocycles. The topological polar surface area (TPSA) is 48.5 Å². The Morgan fingerprint density at radius 2 is 1.95 bits per heavy atom. The zero-order valence-electron chi connectivity index (χ0n) is 10.9. The molecule has 0 unspecified atom stereocenters. The summed E-state index contributed by atoms with van der Waals surface area (Å²) in [5.74, 6) is 3.44. The van der Waals surface area contributed by atoms with Crippen molar-refractivity contribution in [2.45, 2.75) is 44.1 Å². The van der Waals surface area contributed by atoms with E-state index in [0.29, 0.717) is 18.4 Å². The van der Waals surface area contributed by atoms with E-state index in [0.717, 1.165) is 16.1 Å². The number of aromatic nitrogens is 5. The van der Waals surface area contributed by atoms with Crippen molar-refractivity contribution < 1.29 is 0 Å². The molecule has 0 bridgehead atoms. The summed E-state index contributed by atoms with van der Waals surface area (Å²) in [7, 11) is 2.07. The van der Waals surface area contributed by atoms with Gasteiger partial charge in [-0.15, -0.1) is 10.2 Å². The van der Waals surface area contributed by atoms with Crippen molar-refractivity contribution in [3.63, 3.8) is 0 Å². The van der Waals surface area contributed by atoms with E-state index in [1.807, 2.05) is 6.20 Å². The van der Waals surface area contributed by atoms with E-state index >= 15 is 0 Å². The summed E-state index contributed by atoms with van der Waals surface area (Å²) in [4.78, 5) is 0. The van der Waals surface area contributed by atoms with Crippen molar-refractivity contribution in [2.24, 2.45) is 7.05 Å². The summed E-state index contributed by atoms with van der Waals surface area (Å²) in [6.45, 7) is 0.716. The predicted molar refractivity (Wildman–Crippen MR) is 74.0 cm³/mol. The van der Waals surface area contributed by atoms with E-state index in [2.05, 4.69) is 47.5 Å². The maximum Gasteiger partial charge on any atom is 0.154 e. The van der Waals surface area contributed by atoms with Crippen LogP contribution in [0.5, 0.6) is 0 Å². The second-order valence-corrected chi connectivity index (χ2v) is 6.47. The Balaban J connectivity index is 1.64. The van der Waals surface area contributed by atoms with Gasteiger partial charge in [0.25, 0.3) is 0 Å². The zero-order chi connectivity index (χ0) is 13.0. The fourth-order valence-electron chi connectivity index (χ4n) is 2.60. The van der Waals surface area contributed by atoms with Crippen LogP contribution in [0.1, 0.15) is 54.9 Å². The zero-order valence-corrected chi connectivity index (χ0v) is 12.5. The van der Waals surface area contributed by atoms with Crippen LogP contribution in [0.4, 0.5) is 0 Å². The fraction of sp³-hybridized carbons (Fsp3) is 0.615. The lowest BCUT2D eigenvalue weighted by Gasteiger charge is -2.07. The number of nitrogens with zero attached hydrogens (tertiary/aromatic N) is 5. The first-order valence-corrected chi connectivity index (χ1v) is 7.62. The molecule has 6 heteroatoms. The predicted octanol–water partition coefficient (Wildman–Crippen LogP) is 2.58. The van der Waals surface area contributed by atoms with Crippen LogP contribution < -0.4 is 0 Å². The molecule has 5 nitrogen and oxygen atoms in total. The molecule has 2 aliphatic carbocycles. The monoisotopic (exact) mass is 321 g/mol. The molecule has 0 saturated heterocycles. The number of rotatable bonds is 4. The van der Waals surface area contributed by atoms with Crippen LogP contribution in [0.15, 0.2) is 10.7 Å². The minimum absolute atomic E-state index is 0.638.